The Morgan fingerprint density at radius 3 is 2.62 bits per heavy atom. The molecule has 1 aliphatic heterocycles. The standard InChI is InChI=1S/C28H32FN3O7S/c1-17(2)14-21(31-28(35)24-15-18-8-6-11-23(38-3)26(18)39-24)27(34)30-20-10-7-13-32(16-22(20)33)40(36,37)25-12-5-4-9-19(25)29/h4-6,8-9,11-12,15,17,20-21H,7,10,13-14,16H2,1-3H3,(H,30,34)(H,31,35)/t20-,21-/m0/s1. The second-order valence-electron chi connectivity index (χ2n) is 10.1. The first-order valence-corrected chi connectivity index (χ1v) is 14.4. The summed E-state index contributed by atoms with van der Waals surface area (Å²) in [6.07, 6.45) is 0.752. The van der Waals surface area contributed by atoms with Gasteiger partial charge in [-0.2, -0.15) is 4.31 Å². The van der Waals surface area contributed by atoms with Crippen LogP contribution < -0.4 is 15.4 Å². The third kappa shape index (κ3) is 6.34. The van der Waals surface area contributed by atoms with Gasteiger partial charge in [-0.25, -0.2) is 12.8 Å². The van der Waals surface area contributed by atoms with Gasteiger partial charge in [0.2, 0.25) is 15.9 Å². The van der Waals surface area contributed by atoms with Gasteiger partial charge in [0.25, 0.3) is 5.91 Å². The Hall–Kier alpha value is -3.77. The Morgan fingerprint density at radius 2 is 1.93 bits per heavy atom. The minimum atomic E-state index is -4.25. The highest BCUT2D eigenvalue weighted by Gasteiger charge is 2.35. The molecule has 2 N–H and O–H groups in total. The van der Waals surface area contributed by atoms with Gasteiger partial charge >= 0.3 is 0 Å². The summed E-state index contributed by atoms with van der Waals surface area (Å²) in [5, 5.41) is 6.05. The third-order valence-electron chi connectivity index (χ3n) is 6.67. The molecule has 2 aromatic carbocycles. The van der Waals surface area contributed by atoms with Crippen LogP contribution in [0.15, 0.2) is 57.8 Å². The predicted molar refractivity (Wildman–Crippen MR) is 145 cm³/mol. The molecule has 1 aliphatic rings. The van der Waals surface area contributed by atoms with Gasteiger partial charge in [-0.1, -0.05) is 38.1 Å². The summed E-state index contributed by atoms with van der Waals surface area (Å²) in [6.45, 7) is 3.27. The van der Waals surface area contributed by atoms with Crippen molar-refractivity contribution in [3.8, 4) is 5.75 Å². The van der Waals surface area contributed by atoms with Gasteiger partial charge < -0.3 is 19.8 Å². The number of nitrogens with zero attached hydrogens (tertiary/aromatic N) is 1. The average molecular weight is 574 g/mol. The molecule has 2 atom stereocenters. The zero-order valence-corrected chi connectivity index (χ0v) is 23.3. The molecular formula is C28H32FN3O7S. The molecular weight excluding hydrogens is 541 g/mol. The van der Waals surface area contributed by atoms with E-state index in [9.17, 15) is 27.2 Å². The number of furan rings is 1. The number of ketones is 1. The van der Waals surface area contributed by atoms with Crippen LogP contribution >= 0.6 is 0 Å². The van der Waals surface area contributed by atoms with Crippen LogP contribution in [0.1, 0.15) is 43.7 Å². The predicted octanol–water partition coefficient (Wildman–Crippen LogP) is 3.26. The number of fused-ring (bicyclic) bond motifs is 1. The lowest BCUT2D eigenvalue weighted by Crippen LogP contribution is -2.52. The summed E-state index contributed by atoms with van der Waals surface area (Å²) < 4.78 is 52.1. The topological polar surface area (TPSA) is 135 Å². The zero-order valence-electron chi connectivity index (χ0n) is 22.5. The second-order valence-corrected chi connectivity index (χ2v) is 12.0. The Balaban J connectivity index is 1.46. The molecule has 0 saturated carbocycles. The highest BCUT2D eigenvalue weighted by Crippen LogP contribution is 2.28. The number of Topliss-reactive ketones (excluding diaryl/α,β-unsaturated/α-hetero) is 1. The van der Waals surface area contributed by atoms with Crippen LogP contribution in [0, 0.1) is 11.7 Å². The SMILES string of the molecule is COc1cccc2cc(C(=O)N[C@@H](CC(C)C)C(=O)N[C@H]3CCCN(S(=O)(=O)c4ccccc4F)CC3=O)oc12. The molecule has 214 valence electrons. The molecule has 1 fully saturated rings. The van der Waals surface area contributed by atoms with Crippen LogP contribution in [-0.2, 0) is 19.6 Å². The van der Waals surface area contributed by atoms with Gasteiger partial charge in [-0.05, 0) is 49.4 Å². The third-order valence-corrected chi connectivity index (χ3v) is 8.55. The molecule has 40 heavy (non-hydrogen) atoms. The fraction of sp³-hybridized carbons (Fsp3) is 0.393. The monoisotopic (exact) mass is 573 g/mol. The fourth-order valence-corrected chi connectivity index (χ4v) is 6.17. The van der Waals surface area contributed by atoms with E-state index < -0.39 is 57.0 Å². The number of hydrogen-bond donors (Lipinski definition) is 2. The molecule has 10 nitrogen and oxygen atoms in total. The number of halogens is 1. The quantitative estimate of drug-likeness (QED) is 0.401. The Morgan fingerprint density at radius 1 is 1.18 bits per heavy atom. The molecule has 1 aromatic heterocycles. The van der Waals surface area contributed by atoms with Crippen molar-refractivity contribution in [1.82, 2.24) is 14.9 Å². The summed E-state index contributed by atoms with van der Waals surface area (Å²) in [4.78, 5) is 38.9. The largest absolute Gasteiger partial charge is 0.493 e. The van der Waals surface area contributed by atoms with Gasteiger partial charge in [0.1, 0.15) is 16.8 Å². The lowest BCUT2D eigenvalue weighted by Gasteiger charge is -2.23. The summed E-state index contributed by atoms with van der Waals surface area (Å²) in [5.41, 5.74) is 0.402. The molecule has 0 radical (unpaired) electrons. The molecule has 4 rings (SSSR count). The molecule has 0 aliphatic carbocycles. The van der Waals surface area contributed by atoms with Gasteiger partial charge in [0.05, 0.1) is 19.7 Å². The molecule has 12 heteroatoms. The van der Waals surface area contributed by atoms with Crippen molar-refractivity contribution in [3.63, 3.8) is 0 Å². The Bertz CT molecular complexity index is 1520. The van der Waals surface area contributed by atoms with Crippen LogP contribution in [-0.4, -0.2) is 62.6 Å². The number of hydrogen-bond acceptors (Lipinski definition) is 7. The number of benzene rings is 2. The molecule has 3 aromatic rings. The van der Waals surface area contributed by atoms with Gasteiger partial charge in [0, 0.05) is 11.9 Å². The van der Waals surface area contributed by atoms with Gasteiger partial charge in [-0.3, -0.25) is 14.4 Å². The van der Waals surface area contributed by atoms with E-state index in [1.54, 1.807) is 24.3 Å². The van der Waals surface area contributed by atoms with Gasteiger partial charge in [-0.15, -0.1) is 0 Å². The Labute approximate surface area is 231 Å². The highest BCUT2D eigenvalue weighted by molar-refractivity contribution is 7.89. The summed E-state index contributed by atoms with van der Waals surface area (Å²) in [7, 11) is -2.76. The molecule has 0 unspecified atom stereocenters. The van der Waals surface area contributed by atoms with E-state index in [1.165, 1.54) is 19.2 Å². The smallest absolute Gasteiger partial charge is 0.287 e. The number of methoxy groups -OCH3 is 1. The van der Waals surface area contributed by atoms with E-state index in [0.29, 0.717) is 16.7 Å². The lowest BCUT2D eigenvalue weighted by atomic mass is 10.0. The zero-order chi connectivity index (χ0) is 29.0. The van der Waals surface area contributed by atoms with Crippen LogP contribution in [0.3, 0.4) is 0 Å². The van der Waals surface area contributed by atoms with Crippen LogP contribution in [0.5, 0.6) is 5.75 Å². The number of para-hydroxylation sites is 1. The van der Waals surface area contributed by atoms with Crippen molar-refractivity contribution >= 4 is 38.6 Å². The first-order valence-electron chi connectivity index (χ1n) is 13.0. The van der Waals surface area contributed by atoms with E-state index in [1.807, 2.05) is 13.8 Å². The van der Waals surface area contributed by atoms with Crippen molar-refractivity contribution in [2.45, 2.75) is 50.1 Å². The number of carbonyl (C=O) groups excluding carboxylic acids is 3. The maximum Gasteiger partial charge on any atom is 0.287 e. The minimum Gasteiger partial charge on any atom is -0.493 e. The van der Waals surface area contributed by atoms with E-state index >= 15 is 0 Å². The lowest BCUT2D eigenvalue weighted by molar-refractivity contribution is -0.129. The normalized spacial score (nSPS) is 17.4. The second kappa shape index (κ2) is 12.2. The van der Waals surface area contributed by atoms with E-state index in [4.69, 9.17) is 9.15 Å². The van der Waals surface area contributed by atoms with Crippen LogP contribution in [0.4, 0.5) is 4.39 Å². The first-order chi connectivity index (χ1) is 19.0. The summed E-state index contributed by atoms with van der Waals surface area (Å²) in [6, 6.07) is 9.83. The molecule has 1 saturated heterocycles. The maximum atomic E-state index is 14.2. The van der Waals surface area contributed by atoms with Crippen molar-refractivity contribution in [1.29, 1.82) is 0 Å². The summed E-state index contributed by atoms with van der Waals surface area (Å²) >= 11 is 0. The Kier molecular flexibility index (Phi) is 8.89. The van der Waals surface area contributed by atoms with Crippen molar-refractivity contribution in [2.24, 2.45) is 5.92 Å². The van der Waals surface area contributed by atoms with Crippen LogP contribution in [0.2, 0.25) is 0 Å². The summed E-state index contributed by atoms with van der Waals surface area (Å²) in [5.74, 6) is -2.11. The van der Waals surface area contributed by atoms with Gasteiger partial charge in [0.15, 0.2) is 22.9 Å². The fourth-order valence-electron chi connectivity index (χ4n) is 4.66. The van der Waals surface area contributed by atoms with E-state index in [0.717, 1.165) is 16.4 Å². The van der Waals surface area contributed by atoms with Crippen molar-refractivity contribution < 1.29 is 36.3 Å². The number of carbonyl (C=O) groups is 3. The number of sulfonamides is 1. The molecule has 2 heterocycles. The average Bonchev–Trinajstić information content (AvgIpc) is 3.27. The molecule has 0 spiro atoms. The van der Waals surface area contributed by atoms with Crippen LogP contribution in [0.25, 0.3) is 11.0 Å². The first kappa shape index (κ1) is 29.2. The number of amides is 2. The highest BCUT2D eigenvalue weighted by atomic mass is 32.2. The minimum absolute atomic E-state index is 0.000548. The number of nitrogens with one attached hydrogen (secondary N) is 2. The van der Waals surface area contributed by atoms with E-state index in [-0.39, 0.29) is 37.5 Å². The van der Waals surface area contributed by atoms with Crippen molar-refractivity contribution in [2.75, 3.05) is 20.2 Å². The molecule has 0 bridgehead atoms. The van der Waals surface area contributed by atoms with Crippen molar-refractivity contribution in [3.05, 3.63) is 60.1 Å². The number of rotatable bonds is 9. The molecule has 2 amide bonds. The van der Waals surface area contributed by atoms with E-state index in [2.05, 4.69) is 10.6 Å². The maximum absolute atomic E-state index is 14.2. The number of ether oxygens (including phenoxy) is 1.